The number of nitrogens with one attached hydrogen (secondary N) is 1. The van der Waals surface area contributed by atoms with E-state index in [-0.39, 0.29) is 5.91 Å². The number of amides is 1. The summed E-state index contributed by atoms with van der Waals surface area (Å²) in [5.74, 6) is -0.0219. The van der Waals surface area contributed by atoms with Crippen molar-refractivity contribution in [1.29, 1.82) is 0 Å². The molecule has 3 nitrogen and oxygen atoms in total. The Balaban J connectivity index is 2.77. The molecule has 0 atom stereocenters. The molecule has 0 unspecified atom stereocenters. The first-order valence-corrected chi connectivity index (χ1v) is 4.85. The molecule has 3 heteroatoms. The average Bonchev–Trinajstić information content (AvgIpc) is 2.19. The van der Waals surface area contributed by atoms with Crippen LogP contribution in [0.25, 0.3) is 0 Å². The van der Waals surface area contributed by atoms with Gasteiger partial charge in [0, 0.05) is 12.1 Å². The highest BCUT2D eigenvalue weighted by molar-refractivity contribution is 5.94. The van der Waals surface area contributed by atoms with Gasteiger partial charge in [-0.2, -0.15) is 0 Å². The third-order valence-corrected chi connectivity index (χ3v) is 1.96. The van der Waals surface area contributed by atoms with Crippen LogP contribution in [0.15, 0.2) is 24.3 Å². The molecule has 0 spiro atoms. The molecule has 0 saturated heterocycles. The molecule has 0 radical (unpaired) electrons. The van der Waals surface area contributed by atoms with Crippen LogP contribution in [0.1, 0.15) is 22.8 Å². The monoisotopic (exact) mass is 192 g/mol. The van der Waals surface area contributed by atoms with Gasteiger partial charge in [-0.05, 0) is 37.6 Å². The third kappa shape index (κ3) is 2.85. The smallest absolute Gasteiger partial charge is 0.251 e. The number of carbonyl (C=O) groups is 1. The maximum atomic E-state index is 11.5. The Bertz CT molecular complexity index is 310. The molecule has 0 saturated carbocycles. The molecule has 14 heavy (non-hydrogen) atoms. The first kappa shape index (κ1) is 10.7. The molecule has 0 aliphatic heterocycles. The molecule has 0 fully saturated rings. The molecule has 3 N–H and O–H groups in total. The number of carbonyl (C=O) groups excluding carboxylic acids is 1. The van der Waals surface area contributed by atoms with Crippen LogP contribution in [0, 0.1) is 0 Å². The van der Waals surface area contributed by atoms with E-state index in [1.165, 1.54) is 0 Å². The lowest BCUT2D eigenvalue weighted by Crippen LogP contribution is -2.22. The van der Waals surface area contributed by atoms with E-state index in [0.29, 0.717) is 18.7 Å². The van der Waals surface area contributed by atoms with E-state index in [9.17, 15) is 4.79 Å². The van der Waals surface area contributed by atoms with Crippen molar-refractivity contribution in [1.82, 2.24) is 5.32 Å². The SMILES string of the molecule is CCNC(=O)c1cccc(CCN)c1. The number of benzene rings is 1. The van der Waals surface area contributed by atoms with E-state index in [2.05, 4.69) is 5.32 Å². The van der Waals surface area contributed by atoms with Gasteiger partial charge >= 0.3 is 0 Å². The Morgan fingerprint density at radius 3 is 2.93 bits per heavy atom. The second-order valence-electron chi connectivity index (χ2n) is 3.10. The highest BCUT2D eigenvalue weighted by atomic mass is 16.1. The van der Waals surface area contributed by atoms with E-state index in [0.717, 1.165) is 12.0 Å². The fraction of sp³-hybridized carbons (Fsp3) is 0.364. The Hall–Kier alpha value is -1.35. The first-order valence-electron chi connectivity index (χ1n) is 4.85. The minimum Gasteiger partial charge on any atom is -0.352 e. The minimum absolute atomic E-state index is 0.0219. The summed E-state index contributed by atoms with van der Waals surface area (Å²) in [6.45, 7) is 3.17. The lowest BCUT2D eigenvalue weighted by molar-refractivity contribution is 0.0955. The summed E-state index contributed by atoms with van der Waals surface area (Å²) in [5, 5.41) is 2.76. The molecule has 0 heterocycles. The zero-order chi connectivity index (χ0) is 10.4. The van der Waals surface area contributed by atoms with Crippen molar-refractivity contribution < 1.29 is 4.79 Å². The minimum atomic E-state index is -0.0219. The highest BCUT2D eigenvalue weighted by Crippen LogP contribution is 2.05. The molecule has 0 aromatic heterocycles. The van der Waals surface area contributed by atoms with Crippen LogP contribution < -0.4 is 11.1 Å². The van der Waals surface area contributed by atoms with E-state index >= 15 is 0 Å². The topological polar surface area (TPSA) is 55.1 Å². The molecule has 1 rings (SSSR count). The Morgan fingerprint density at radius 1 is 1.50 bits per heavy atom. The normalized spacial score (nSPS) is 9.86. The second kappa shape index (κ2) is 5.40. The van der Waals surface area contributed by atoms with Crippen molar-refractivity contribution in [2.24, 2.45) is 5.73 Å². The summed E-state index contributed by atoms with van der Waals surface area (Å²) >= 11 is 0. The molecule has 0 aliphatic carbocycles. The van der Waals surface area contributed by atoms with Crippen LogP contribution in [0.3, 0.4) is 0 Å². The lowest BCUT2D eigenvalue weighted by Gasteiger charge is -2.04. The molecule has 1 aromatic carbocycles. The molecule has 1 amide bonds. The van der Waals surface area contributed by atoms with Crippen LogP contribution in [-0.4, -0.2) is 19.0 Å². The van der Waals surface area contributed by atoms with Crippen molar-refractivity contribution in [2.75, 3.05) is 13.1 Å². The largest absolute Gasteiger partial charge is 0.352 e. The summed E-state index contributed by atoms with van der Waals surface area (Å²) in [5.41, 5.74) is 7.26. The molecule has 76 valence electrons. The summed E-state index contributed by atoms with van der Waals surface area (Å²) in [4.78, 5) is 11.5. The van der Waals surface area contributed by atoms with Crippen molar-refractivity contribution >= 4 is 5.91 Å². The predicted molar refractivity (Wildman–Crippen MR) is 57.2 cm³/mol. The van der Waals surface area contributed by atoms with E-state index < -0.39 is 0 Å². The average molecular weight is 192 g/mol. The van der Waals surface area contributed by atoms with Gasteiger partial charge in [0.05, 0.1) is 0 Å². The van der Waals surface area contributed by atoms with Crippen molar-refractivity contribution in [2.45, 2.75) is 13.3 Å². The van der Waals surface area contributed by atoms with Gasteiger partial charge in [0.25, 0.3) is 5.91 Å². The van der Waals surface area contributed by atoms with E-state index in [1.54, 1.807) is 0 Å². The Morgan fingerprint density at radius 2 is 2.29 bits per heavy atom. The summed E-state index contributed by atoms with van der Waals surface area (Å²) < 4.78 is 0. The van der Waals surface area contributed by atoms with Gasteiger partial charge in [-0.1, -0.05) is 12.1 Å². The lowest BCUT2D eigenvalue weighted by atomic mass is 10.1. The highest BCUT2D eigenvalue weighted by Gasteiger charge is 2.03. The quantitative estimate of drug-likeness (QED) is 0.746. The summed E-state index contributed by atoms with van der Waals surface area (Å²) in [7, 11) is 0. The standard InChI is InChI=1S/C11H16N2O/c1-2-13-11(14)10-5-3-4-9(8-10)6-7-12/h3-5,8H,2,6-7,12H2,1H3,(H,13,14). The van der Waals surface area contributed by atoms with Gasteiger partial charge in [-0.15, -0.1) is 0 Å². The molecule has 1 aromatic rings. The van der Waals surface area contributed by atoms with Crippen molar-refractivity contribution in [3.05, 3.63) is 35.4 Å². The van der Waals surface area contributed by atoms with E-state index in [4.69, 9.17) is 5.73 Å². The van der Waals surface area contributed by atoms with Crippen LogP contribution in [0.5, 0.6) is 0 Å². The zero-order valence-corrected chi connectivity index (χ0v) is 8.42. The van der Waals surface area contributed by atoms with Crippen molar-refractivity contribution in [3.8, 4) is 0 Å². The zero-order valence-electron chi connectivity index (χ0n) is 8.42. The number of rotatable bonds is 4. The number of hydrogen-bond donors (Lipinski definition) is 2. The molecule has 0 aliphatic rings. The van der Waals surface area contributed by atoms with Crippen LogP contribution >= 0.6 is 0 Å². The van der Waals surface area contributed by atoms with Gasteiger partial charge in [-0.3, -0.25) is 4.79 Å². The number of nitrogens with two attached hydrogens (primary N) is 1. The van der Waals surface area contributed by atoms with Gasteiger partial charge in [0.2, 0.25) is 0 Å². The predicted octanol–water partition coefficient (Wildman–Crippen LogP) is 0.938. The number of hydrogen-bond acceptors (Lipinski definition) is 2. The fourth-order valence-corrected chi connectivity index (χ4v) is 1.30. The Kier molecular flexibility index (Phi) is 4.13. The molecular formula is C11H16N2O. The van der Waals surface area contributed by atoms with E-state index in [1.807, 2.05) is 31.2 Å². The maximum Gasteiger partial charge on any atom is 0.251 e. The van der Waals surface area contributed by atoms with Gasteiger partial charge < -0.3 is 11.1 Å². The second-order valence-corrected chi connectivity index (χ2v) is 3.10. The van der Waals surface area contributed by atoms with Gasteiger partial charge in [-0.25, -0.2) is 0 Å². The Labute approximate surface area is 84.3 Å². The molecular weight excluding hydrogens is 176 g/mol. The summed E-state index contributed by atoms with van der Waals surface area (Å²) in [6, 6.07) is 7.56. The van der Waals surface area contributed by atoms with Crippen molar-refractivity contribution in [3.63, 3.8) is 0 Å². The van der Waals surface area contributed by atoms with Gasteiger partial charge in [0.1, 0.15) is 0 Å². The van der Waals surface area contributed by atoms with Gasteiger partial charge in [0.15, 0.2) is 0 Å². The van der Waals surface area contributed by atoms with Crippen LogP contribution in [-0.2, 0) is 6.42 Å². The van der Waals surface area contributed by atoms with Crippen LogP contribution in [0.2, 0.25) is 0 Å². The fourth-order valence-electron chi connectivity index (χ4n) is 1.30. The first-order chi connectivity index (χ1) is 6.77. The van der Waals surface area contributed by atoms with Crippen LogP contribution in [0.4, 0.5) is 0 Å². The third-order valence-electron chi connectivity index (χ3n) is 1.96. The molecule has 0 bridgehead atoms. The maximum absolute atomic E-state index is 11.5. The summed E-state index contributed by atoms with van der Waals surface area (Å²) in [6.07, 6.45) is 0.813.